The van der Waals surface area contributed by atoms with Crippen LogP contribution in [0.15, 0.2) is 6.33 Å². The van der Waals surface area contributed by atoms with Crippen LogP contribution in [-0.4, -0.2) is 19.9 Å². The van der Waals surface area contributed by atoms with E-state index in [9.17, 15) is 0 Å². The van der Waals surface area contributed by atoms with Crippen molar-refractivity contribution in [3.63, 3.8) is 0 Å². The normalized spacial score (nSPS) is 25.9. The number of aliphatic hydroxyl groups excluding tert-OH is 1. The Morgan fingerprint density at radius 3 is 2.62 bits per heavy atom. The van der Waals surface area contributed by atoms with Gasteiger partial charge in [-0.1, -0.05) is 26.2 Å². The van der Waals surface area contributed by atoms with Gasteiger partial charge in [0, 0.05) is 6.54 Å². The SMILES string of the molecule is CCC1CCC(Cn2cnnc2CO)CC1. The highest BCUT2D eigenvalue weighted by Gasteiger charge is 2.20. The molecule has 1 saturated carbocycles. The van der Waals surface area contributed by atoms with Gasteiger partial charge in [0.05, 0.1) is 0 Å². The Labute approximate surface area is 96.7 Å². The van der Waals surface area contributed by atoms with Crippen LogP contribution in [-0.2, 0) is 13.2 Å². The first-order valence-electron chi connectivity index (χ1n) is 6.31. The number of aromatic nitrogens is 3. The van der Waals surface area contributed by atoms with Crippen LogP contribution in [0, 0.1) is 11.8 Å². The van der Waals surface area contributed by atoms with Crippen molar-refractivity contribution in [1.29, 1.82) is 0 Å². The second-order valence-corrected chi connectivity index (χ2v) is 4.85. The summed E-state index contributed by atoms with van der Waals surface area (Å²) in [5, 5.41) is 16.8. The van der Waals surface area contributed by atoms with Crippen LogP contribution in [0.3, 0.4) is 0 Å². The Morgan fingerprint density at radius 2 is 2.00 bits per heavy atom. The Morgan fingerprint density at radius 1 is 1.31 bits per heavy atom. The lowest BCUT2D eigenvalue weighted by molar-refractivity contribution is 0.232. The third-order valence-corrected chi connectivity index (χ3v) is 3.84. The molecular formula is C12H21N3O. The fraction of sp³-hybridized carbons (Fsp3) is 0.833. The summed E-state index contributed by atoms with van der Waals surface area (Å²) in [6.45, 7) is 3.25. The Balaban J connectivity index is 1.87. The van der Waals surface area contributed by atoms with Crippen LogP contribution >= 0.6 is 0 Å². The zero-order chi connectivity index (χ0) is 11.4. The van der Waals surface area contributed by atoms with E-state index < -0.39 is 0 Å². The summed E-state index contributed by atoms with van der Waals surface area (Å²) in [5.74, 6) is 2.37. The molecule has 0 spiro atoms. The Bertz CT molecular complexity index is 316. The smallest absolute Gasteiger partial charge is 0.158 e. The fourth-order valence-electron chi connectivity index (χ4n) is 2.65. The molecule has 1 fully saturated rings. The van der Waals surface area contributed by atoms with Crippen molar-refractivity contribution >= 4 is 0 Å². The Kier molecular flexibility index (Phi) is 3.93. The maximum atomic E-state index is 9.09. The molecule has 1 heterocycles. The second-order valence-electron chi connectivity index (χ2n) is 4.85. The maximum Gasteiger partial charge on any atom is 0.158 e. The van der Waals surface area contributed by atoms with Gasteiger partial charge in [-0.15, -0.1) is 10.2 Å². The summed E-state index contributed by atoms with van der Waals surface area (Å²) in [6.07, 6.45) is 8.39. The largest absolute Gasteiger partial charge is 0.388 e. The van der Waals surface area contributed by atoms with Crippen molar-refractivity contribution in [2.24, 2.45) is 11.8 Å². The molecule has 0 amide bonds. The summed E-state index contributed by atoms with van der Waals surface area (Å²) in [4.78, 5) is 0. The van der Waals surface area contributed by atoms with Gasteiger partial charge in [0.2, 0.25) is 0 Å². The number of rotatable bonds is 4. The van der Waals surface area contributed by atoms with E-state index in [-0.39, 0.29) is 6.61 Å². The number of nitrogens with zero attached hydrogens (tertiary/aromatic N) is 3. The van der Waals surface area contributed by atoms with Gasteiger partial charge < -0.3 is 9.67 Å². The molecule has 90 valence electrons. The van der Waals surface area contributed by atoms with Crippen molar-refractivity contribution in [2.45, 2.75) is 52.2 Å². The summed E-state index contributed by atoms with van der Waals surface area (Å²) in [5.41, 5.74) is 0. The lowest BCUT2D eigenvalue weighted by Crippen LogP contribution is -2.19. The lowest BCUT2D eigenvalue weighted by atomic mass is 9.81. The van der Waals surface area contributed by atoms with Crippen molar-refractivity contribution in [3.05, 3.63) is 12.2 Å². The molecular weight excluding hydrogens is 202 g/mol. The summed E-state index contributed by atoms with van der Waals surface area (Å²) >= 11 is 0. The molecule has 4 heteroatoms. The minimum absolute atomic E-state index is 0.00962. The van der Waals surface area contributed by atoms with E-state index in [0.717, 1.165) is 18.4 Å². The molecule has 1 aromatic heterocycles. The minimum atomic E-state index is -0.00962. The molecule has 0 atom stereocenters. The molecule has 1 aliphatic carbocycles. The third-order valence-electron chi connectivity index (χ3n) is 3.84. The predicted molar refractivity (Wildman–Crippen MR) is 61.7 cm³/mol. The summed E-state index contributed by atoms with van der Waals surface area (Å²) in [6, 6.07) is 0. The van der Waals surface area contributed by atoms with Crippen LogP contribution in [0.2, 0.25) is 0 Å². The van der Waals surface area contributed by atoms with Gasteiger partial charge in [0.25, 0.3) is 0 Å². The van der Waals surface area contributed by atoms with Gasteiger partial charge in [0.15, 0.2) is 5.82 Å². The minimum Gasteiger partial charge on any atom is -0.388 e. The molecule has 0 saturated heterocycles. The van der Waals surface area contributed by atoms with Gasteiger partial charge in [-0.3, -0.25) is 0 Å². The number of hydrogen-bond donors (Lipinski definition) is 1. The van der Waals surface area contributed by atoms with E-state index >= 15 is 0 Å². The molecule has 2 rings (SSSR count). The van der Waals surface area contributed by atoms with Crippen LogP contribution in [0.1, 0.15) is 44.9 Å². The molecule has 0 bridgehead atoms. The predicted octanol–water partition coefficient (Wildman–Crippen LogP) is 1.99. The van der Waals surface area contributed by atoms with Crippen molar-refractivity contribution < 1.29 is 5.11 Å². The average Bonchev–Trinajstić information content (AvgIpc) is 2.77. The lowest BCUT2D eigenvalue weighted by Gasteiger charge is -2.28. The average molecular weight is 223 g/mol. The van der Waals surface area contributed by atoms with E-state index in [1.807, 2.05) is 4.57 Å². The first-order valence-corrected chi connectivity index (χ1v) is 6.31. The highest BCUT2D eigenvalue weighted by molar-refractivity contribution is 4.84. The highest BCUT2D eigenvalue weighted by Crippen LogP contribution is 2.31. The van der Waals surface area contributed by atoms with Gasteiger partial charge in [-0.25, -0.2) is 0 Å². The van der Waals surface area contributed by atoms with Crippen LogP contribution in [0.5, 0.6) is 0 Å². The molecule has 0 unspecified atom stereocenters. The molecule has 4 nitrogen and oxygen atoms in total. The van der Waals surface area contributed by atoms with E-state index in [1.54, 1.807) is 6.33 Å². The van der Waals surface area contributed by atoms with Crippen molar-refractivity contribution in [1.82, 2.24) is 14.8 Å². The zero-order valence-electron chi connectivity index (χ0n) is 9.97. The molecule has 0 radical (unpaired) electrons. The van der Waals surface area contributed by atoms with Gasteiger partial charge >= 0.3 is 0 Å². The van der Waals surface area contributed by atoms with Crippen molar-refractivity contribution in [2.75, 3.05) is 0 Å². The monoisotopic (exact) mass is 223 g/mol. The fourth-order valence-corrected chi connectivity index (χ4v) is 2.65. The topological polar surface area (TPSA) is 50.9 Å². The van der Waals surface area contributed by atoms with Crippen molar-refractivity contribution in [3.8, 4) is 0 Å². The number of aliphatic hydroxyl groups is 1. The summed E-state index contributed by atoms with van der Waals surface area (Å²) < 4.78 is 2.00. The summed E-state index contributed by atoms with van der Waals surface area (Å²) in [7, 11) is 0. The quantitative estimate of drug-likeness (QED) is 0.849. The molecule has 16 heavy (non-hydrogen) atoms. The standard InChI is InChI=1S/C12H21N3O/c1-2-10-3-5-11(6-4-10)7-15-9-13-14-12(15)8-16/h9-11,16H,2-8H2,1H3. The third kappa shape index (κ3) is 2.61. The van der Waals surface area contributed by atoms with E-state index in [0.29, 0.717) is 5.82 Å². The van der Waals surface area contributed by atoms with Crippen LogP contribution < -0.4 is 0 Å². The van der Waals surface area contributed by atoms with Crippen LogP contribution in [0.25, 0.3) is 0 Å². The molecule has 1 aromatic rings. The van der Waals surface area contributed by atoms with Crippen LogP contribution in [0.4, 0.5) is 0 Å². The zero-order valence-corrected chi connectivity index (χ0v) is 9.97. The molecule has 0 aliphatic heterocycles. The first-order chi connectivity index (χ1) is 7.83. The molecule has 1 aliphatic rings. The second kappa shape index (κ2) is 5.43. The Hall–Kier alpha value is -0.900. The molecule has 0 aromatic carbocycles. The van der Waals surface area contributed by atoms with E-state index in [2.05, 4.69) is 17.1 Å². The number of hydrogen-bond acceptors (Lipinski definition) is 3. The van der Waals surface area contributed by atoms with Gasteiger partial charge in [0.1, 0.15) is 12.9 Å². The van der Waals surface area contributed by atoms with Gasteiger partial charge in [-0.05, 0) is 24.7 Å². The van der Waals surface area contributed by atoms with Gasteiger partial charge in [-0.2, -0.15) is 0 Å². The van der Waals surface area contributed by atoms with E-state index in [1.165, 1.54) is 32.1 Å². The molecule has 1 N–H and O–H groups in total. The maximum absolute atomic E-state index is 9.09. The van der Waals surface area contributed by atoms with E-state index in [4.69, 9.17) is 5.11 Å². The highest BCUT2D eigenvalue weighted by atomic mass is 16.3. The first kappa shape index (κ1) is 11.6.